The second-order valence-corrected chi connectivity index (χ2v) is 9.67. The van der Waals surface area contributed by atoms with Crippen LogP contribution in [-0.4, -0.2) is 40.6 Å². The normalized spacial score (nSPS) is 15.8. The predicted molar refractivity (Wildman–Crippen MR) is 130 cm³/mol. The van der Waals surface area contributed by atoms with E-state index in [4.69, 9.17) is 11.0 Å². The van der Waals surface area contributed by atoms with Crippen molar-refractivity contribution in [1.29, 1.82) is 5.26 Å². The summed E-state index contributed by atoms with van der Waals surface area (Å²) < 4.78 is 29.8. The van der Waals surface area contributed by atoms with Crippen molar-refractivity contribution in [3.63, 3.8) is 0 Å². The van der Waals surface area contributed by atoms with Crippen molar-refractivity contribution in [3.05, 3.63) is 82.9 Å². The van der Waals surface area contributed by atoms with Crippen molar-refractivity contribution in [3.8, 4) is 28.3 Å². The lowest BCUT2D eigenvalue weighted by molar-refractivity contribution is 0.0788. The molecule has 0 radical (unpaired) electrons. The van der Waals surface area contributed by atoms with Crippen molar-refractivity contribution in [2.24, 2.45) is 5.73 Å². The van der Waals surface area contributed by atoms with Crippen LogP contribution in [0.15, 0.2) is 54.6 Å². The number of hydrogen-bond acceptors (Lipinski definition) is 4. The topological polar surface area (TPSA) is 90.3 Å². The molecule has 3 aromatic carbocycles. The zero-order chi connectivity index (χ0) is 25.3. The molecule has 35 heavy (non-hydrogen) atoms. The van der Waals surface area contributed by atoms with Crippen LogP contribution in [0.25, 0.3) is 22.3 Å². The van der Waals surface area contributed by atoms with E-state index in [-0.39, 0.29) is 29.5 Å². The summed E-state index contributed by atoms with van der Waals surface area (Å²) in [4.78, 5) is 14.8. The Morgan fingerprint density at radius 3 is 2.43 bits per heavy atom. The van der Waals surface area contributed by atoms with E-state index in [1.165, 1.54) is 18.2 Å². The number of rotatable bonds is 5. The zero-order valence-electron chi connectivity index (χ0n) is 19.7. The highest BCUT2D eigenvalue weighted by molar-refractivity contribution is 5.98. The first kappa shape index (κ1) is 24.5. The van der Waals surface area contributed by atoms with Gasteiger partial charge in [0.15, 0.2) is 0 Å². The Kier molecular flexibility index (Phi) is 6.70. The lowest BCUT2D eigenvalue weighted by atomic mass is 9.90. The van der Waals surface area contributed by atoms with Gasteiger partial charge in [-0.05, 0) is 72.9 Å². The second kappa shape index (κ2) is 9.57. The van der Waals surface area contributed by atoms with Crippen LogP contribution in [0.4, 0.5) is 8.78 Å². The third kappa shape index (κ3) is 5.40. The molecule has 1 aliphatic heterocycles. The Balaban J connectivity index is 1.82. The van der Waals surface area contributed by atoms with Gasteiger partial charge in [-0.2, -0.15) is 5.26 Å². The summed E-state index contributed by atoms with van der Waals surface area (Å²) in [5.74, 6) is -1.38. The number of nitriles is 1. The zero-order valence-corrected chi connectivity index (χ0v) is 19.7. The van der Waals surface area contributed by atoms with Gasteiger partial charge >= 0.3 is 0 Å². The fourth-order valence-corrected chi connectivity index (χ4v) is 4.47. The van der Waals surface area contributed by atoms with Crippen molar-refractivity contribution in [2.45, 2.75) is 38.3 Å². The maximum Gasteiger partial charge on any atom is 0.253 e. The molecule has 5 nitrogen and oxygen atoms in total. The predicted octanol–water partition coefficient (Wildman–Crippen LogP) is 4.66. The number of amides is 1. The summed E-state index contributed by atoms with van der Waals surface area (Å²) in [6.45, 7) is 4.32. The minimum Gasteiger partial charge on any atom is -0.390 e. The fraction of sp³-hybridized carbons (Fsp3) is 0.286. The Bertz CT molecular complexity index is 1320. The first-order valence-corrected chi connectivity index (χ1v) is 11.5. The Hall–Kier alpha value is -3.60. The number of carbonyl (C=O) groups is 1. The van der Waals surface area contributed by atoms with Crippen molar-refractivity contribution >= 4 is 5.91 Å². The van der Waals surface area contributed by atoms with Crippen LogP contribution in [0.1, 0.15) is 41.8 Å². The fourth-order valence-electron chi connectivity index (χ4n) is 4.47. The average molecular weight is 476 g/mol. The van der Waals surface area contributed by atoms with E-state index in [2.05, 4.69) is 0 Å². The van der Waals surface area contributed by atoms with Gasteiger partial charge < -0.3 is 15.7 Å². The van der Waals surface area contributed by atoms with Crippen LogP contribution in [0.2, 0.25) is 0 Å². The number of halogens is 2. The number of aliphatic hydroxyl groups is 1. The monoisotopic (exact) mass is 475 g/mol. The summed E-state index contributed by atoms with van der Waals surface area (Å²) in [5.41, 5.74) is 7.55. The average Bonchev–Trinajstić information content (AvgIpc) is 3.23. The molecule has 1 amide bonds. The number of likely N-dealkylation sites (tertiary alicyclic amines) is 1. The van der Waals surface area contributed by atoms with Gasteiger partial charge in [-0.25, -0.2) is 8.78 Å². The van der Waals surface area contributed by atoms with E-state index >= 15 is 4.39 Å². The van der Waals surface area contributed by atoms with Crippen LogP contribution in [0.3, 0.4) is 0 Å². The Morgan fingerprint density at radius 1 is 1.09 bits per heavy atom. The molecule has 1 atom stereocenters. The SMILES string of the molecule is CC(C)(O)Cc1ccc(-c2ccc(C(=O)N3CC[C@@H](N)C3)cc2-c2ccc(C#N)c(F)c2)c(F)c1. The van der Waals surface area contributed by atoms with Crippen molar-refractivity contribution in [1.82, 2.24) is 4.90 Å². The van der Waals surface area contributed by atoms with Gasteiger partial charge in [-0.1, -0.05) is 24.3 Å². The number of hydrogen-bond donors (Lipinski definition) is 2. The van der Waals surface area contributed by atoms with Gasteiger partial charge in [-0.3, -0.25) is 4.79 Å². The highest BCUT2D eigenvalue weighted by atomic mass is 19.1. The van der Waals surface area contributed by atoms with Gasteiger partial charge in [0.1, 0.15) is 17.7 Å². The molecule has 7 heteroatoms. The van der Waals surface area contributed by atoms with Gasteiger partial charge in [0.25, 0.3) is 5.91 Å². The van der Waals surface area contributed by atoms with Crippen molar-refractivity contribution < 1.29 is 18.7 Å². The number of benzene rings is 3. The number of carbonyl (C=O) groups excluding carboxylic acids is 1. The molecule has 1 heterocycles. The van der Waals surface area contributed by atoms with Crippen LogP contribution < -0.4 is 5.73 Å². The second-order valence-electron chi connectivity index (χ2n) is 9.67. The molecule has 0 spiro atoms. The number of nitrogens with zero attached hydrogens (tertiary/aromatic N) is 2. The summed E-state index contributed by atoms with van der Waals surface area (Å²) in [7, 11) is 0. The third-order valence-corrected chi connectivity index (χ3v) is 6.14. The molecule has 0 saturated carbocycles. The van der Waals surface area contributed by atoms with Crippen molar-refractivity contribution in [2.75, 3.05) is 13.1 Å². The molecule has 1 aliphatic rings. The maximum atomic E-state index is 15.3. The van der Waals surface area contributed by atoms with Crippen LogP contribution in [-0.2, 0) is 6.42 Å². The van der Waals surface area contributed by atoms with Gasteiger partial charge in [-0.15, -0.1) is 0 Å². The molecular weight excluding hydrogens is 448 g/mol. The maximum absolute atomic E-state index is 15.3. The quantitative estimate of drug-likeness (QED) is 0.562. The van der Waals surface area contributed by atoms with E-state index in [0.717, 1.165) is 6.42 Å². The molecule has 3 N–H and O–H groups in total. The minimum atomic E-state index is -0.987. The highest BCUT2D eigenvalue weighted by Crippen LogP contribution is 2.36. The molecule has 1 saturated heterocycles. The van der Waals surface area contributed by atoms with Crippen LogP contribution in [0.5, 0.6) is 0 Å². The molecule has 0 aromatic heterocycles. The molecule has 1 fully saturated rings. The minimum absolute atomic E-state index is 0.0678. The molecule has 4 rings (SSSR count). The van der Waals surface area contributed by atoms with E-state index in [1.807, 2.05) is 0 Å². The molecule has 0 bridgehead atoms. The summed E-state index contributed by atoms with van der Waals surface area (Å²) in [5, 5.41) is 19.2. The smallest absolute Gasteiger partial charge is 0.253 e. The Morgan fingerprint density at radius 2 is 1.83 bits per heavy atom. The third-order valence-electron chi connectivity index (χ3n) is 6.14. The summed E-state index contributed by atoms with van der Waals surface area (Å²) >= 11 is 0. The van der Waals surface area contributed by atoms with E-state index < -0.39 is 17.2 Å². The van der Waals surface area contributed by atoms with Gasteiger partial charge in [0, 0.05) is 36.7 Å². The lowest BCUT2D eigenvalue weighted by Gasteiger charge is -2.19. The van der Waals surface area contributed by atoms with Gasteiger partial charge in [0.2, 0.25) is 0 Å². The summed E-state index contributed by atoms with van der Waals surface area (Å²) in [6, 6.07) is 15.6. The largest absolute Gasteiger partial charge is 0.390 e. The standard InChI is InChI=1S/C28H27F2N3O2/c1-28(2,35)14-17-3-7-23(26(30)11-17)22-8-6-19(27(34)33-10-9-21(32)16-33)12-24(22)18-4-5-20(15-31)25(29)13-18/h3-8,11-13,21,35H,9-10,14,16,32H2,1-2H3/t21-/m1/s1. The van der Waals surface area contributed by atoms with E-state index in [1.54, 1.807) is 61.2 Å². The molecule has 0 unspecified atom stereocenters. The molecule has 3 aromatic rings. The first-order chi connectivity index (χ1) is 16.6. The lowest BCUT2D eigenvalue weighted by Crippen LogP contribution is -2.31. The van der Waals surface area contributed by atoms with Crippen LogP contribution in [0, 0.1) is 23.0 Å². The van der Waals surface area contributed by atoms with E-state index in [0.29, 0.717) is 40.9 Å². The Labute approximate surface area is 203 Å². The first-order valence-electron chi connectivity index (χ1n) is 11.5. The highest BCUT2D eigenvalue weighted by Gasteiger charge is 2.26. The molecule has 0 aliphatic carbocycles. The van der Waals surface area contributed by atoms with Gasteiger partial charge in [0.05, 0.1) is 11.2 Å². The molecule has 180 valence electrons. The summed E-state index contributed by atoms with van der Waals surface area (Å²) in [6.07, 6.45) is 1.00. The molecular formula is C28H27F2N3O2. The van der Waals surface area contributed by atoms with E-state index in [9.17, 15) is 14.3 Å². The van der Waals surface area contributed by atoms with Crippen LogP contribution >= 0.6 is 0 Å². The number of nitrogens with two attached hydrogens (primary N) is 1.